The summed E-state index contributed by atoms with van der Waals surface area (Å²) in [6.45, 7) is 1.77. The van der Waals surface area contributed by atoms with Gasteiger partial charge in [-0.15, -0.1) is 0 Å². The molecule has 0 aliphatic heterocycles. The number of benzene rings is 2. The van der Waals surface area contributed by atoms with Crippen LogP contribution >= 0.6 is 23.2 Å². The largest absolute Gasteiger partial charge is 0.306 e. The molecule has 0 saturated heterocycles. The highest BCUT2D eigenvalue weighted by Gasteiger charge is 2.14. The predicted molar refractivity (Wildman–Crippen MR) is 99.4 cm³/mol. The van der Waals surface area contributed by atoms with Crippen LogP contribution in [0.15, 0.2) is 48.5 Å². The van der Waals surface area contributed by atoms with Gasteiger partial charge in [-0.05, 0) is 37.3 Å². The molecule has 0 aliphatic carbocycles. The SMILES string of the molecule is Cc1cc(NC(=O)c2ccc(Cl)c(Cl)c2)n(-c2ccc([N+](=O)[O-])cc2)n1. The van der Waals surface area contributed by atoms with Crippen LogP contribution in [0.2, 0.25) is 10.0 Å². The first-order valence-corrected chi connectivity index (χ1v) is 8.18. The summed E-state index contributed by atoms with van der Waals surface area (Å²) in [4.78, 5) is 22.8. The van der Waals surface area contributed by atoms with Gasteiger partial charge in [0.2, 0.25) is 0 Å². The second-order valence-corrected chi connectivity index (χ2v) is 6.25. The maximum absolute atomic E-state index is 12.5. The summed E-state index contributed by atoms with van der Waals surface area (Å²) in [5.74, 6) is 0.0408. The van der Waals surface area contributed by atoms with Crippen LogP contribution in [0.1, 0.15) is 16.1 Å². The summed E-state index contributed by atoms with van der Waals surface area (Å²) in [5, 5.41) is 18.5. The van der Waals surface area contributed by atoms with Crippen LogP contribution in [0.25, 0.3) is 5.69 Å². The molecule has 26 heavy (non-hydrogen) atoms. The fraction of sp³-hybridized carbons (Fsp3) is 0.0588. The molecular weight excluding hydrogens is 379 g/mol. The van der Waals surface area contributed by atoms with E-state index in [2.05, 4.69) is 10.4 Å². The molecule has 0 spiro atoms. The number of anilines is 1. The third-order valence-electron chi connectivity index (χ3n) is 3.56. The van der Waals surface area contributed by atoms with Gasteiger partial charge in [-0.2, -0.15) is 5.10 Å². The number of carbonyl (C=O) groups excluding carboxylic acids is 1. The van der Waals surface area contributed by atoms with Crippen LogP contribution in [0.3, 0.4) is 0 Å². The molecule has 132 valence electrons. The van der Waals surface area contributed by atoms with Crippen molar-refractivity contribution in [2.75, 3.05) is 5.32 Å². The van der Waals surface area contributed by atoms with Gasteiger partial charge < -0.3 is 5.32 Å². The van der Waals surface area contributed by atoms with Gasteiger partial charge in [0.25, 0.3) is 11.6 Å². The summed E-state index contributed by atoms with van der Waals surface area (Å²) in [6.07, 6.45) is 0. The Morgan fingerprint density at radius 3 is 2.42 bits per heavy atom. The van der Waals surface area contributed by atoms with Gasteiger partial charge >= 0.3 is 0 Å². The van der Waals surface area contributed by atoms with E-state index in [-0.39, 0.29) is 16.6 Å². The number of nitro benzene ring substituents is 1. The lowest BCUT2D eigenvalue weighted by Gasteiger charge is -2.09. The number of non-ortho nitro benzene ring substituents is 1. The van der Waals surface area contributed by atoms with Gasteiger partial charge in [0, 0.05) is 23.8 Å². The van der Waals surface area contributed by atoms with Crippen molar-refractivity contribution >= 4 is 40.6 Å². The predicted octanol–water partition coefficient (Wildman–Crippen LogP) is 4.65. The van der Waals surface area contributed by atoms with Crippen LogP contribution in [0.5, 0.6) is 0 Å². The Hall–Kier alpha value is -2.90. The lowest BCUT2D eigenvalue weighted by molar-refractivity contribution is -0.384. The Kier molecular flexibility index (Phi) is 4.92. The van der Waals surface area contributed by atoms with Gasteiger partial charge in [0.15, 0.2) is 0 Å². The van der Waals surface area contributed by atoms with Crippen LogP contribution in [0, 0.1) is 17.0 Å². The van der Waals surface area contributed by atoms with E-state index in [0.717, 1.165) is 0 Å². The average molecular weight is 391 g/mol. The molecule has 3 aromatic rings. The van der Waals surface area contributed by atoms with Crippen molar-refractivity contribution < 1.29 is 9.72 Å². The van der Waals surface area contributed by atoms with Crippen LogP contribution < -0.4 is 5.32 Å². The highest BCUT2D eigenvalue weighted by molar-refractivity contribution is 6.42. The summed E-state index contributed by atoms with van der Waals surface area (Å²) in [7, 11) is 0. The number of hydrogen-bond donors (Lipinski definition) is 1. The number of aromatic nitrogens is 2. The van der Waals surface area contributed by atoms with E-state index in [0.29, 0.717) is 27.8 Å². The van der Waals surface area contributed by atoms with Crippen molar-refractivity contribution in [3.63, 3.8) is 0 Å². The Morgan fingerprint density at radius 2 is 1.81 bits per heavy atom. The number of amides is 1. The van der Waals surface area contributed by atoms with E-state index < -0.39 is 4.92 Å². The highest BCUT2D eigenvalue weighted by atomic mass is 35.5. The monoisotopic (exact) mass is 390 g/mol. The van der Waals surface area contributed by atoms with E-state index in [1.165, 1.54) is 28.9 Å². The van der Waals surface area contributed by atoms with E-state index in [4.69, 9.17) is 23.2 Å². The number of nitrogens with one attached hydrogen (secondary N) is 1. The summed E-state index contributed by atoms with van der Waals surface area (Å²) in [5.41, 5.74) is 1.56. The van der Waals surface area contributed by atoms with E-state index in [1.54, 1.807) is 31.2 Å². The Balaban J connectivity index is 1.90. The molecule has 7 nitrogen and oxygen atoms in total. The quantitative estimate of drug-likeness (QED) is 0.518. The van der Waals surface area contributed by atoms with Crippen molar-refractivity contribution in [2.45, 2.75) is 6.92 Å². The normalized spacial score (nSPS) is 10.6. The van der Waals surface area contributed by atoms with Gasteiger partial charge in [-0.25, -0.2) is 4.68 Å². The van der Waals surface area contributed by atoms with Crippen molar-refractivity contribution in [2.24, 2.45) is 0 Å². The van der Waals surface area contributed by atoms with Crippen LogP contribution in [-0.2, 0) is 0 Å². The van der Waals surface area contributed by atoms with Crippen molar-refractivity contribution in [1.82, 2.24) is 9.78 Å². The zero-order valence-electron chi connectivity index (χ0n) is 13.4. The lowest BCUT2D eigenvalue weighted by Crippen LogP contribution is -2.15. The number of carbonyl (C=O) groups is 1. The van der Waals surface area contributed by atoms with Crippen LogP contribution in [0.4, 0.5) is 11.5 Å². The molecule has 0 bridgehead atoms. The molecular formula is C17H12Cl2N4O3. The smallest absolute Gasteiger partial charge is 0.269 e. The summed E-state index contributed by atoms with van der Waals surface area (Å²) in [6, 6.07) is 12.1. The Labute approximate surface area is 158 Å². The average Bonchev–Trinajstić information content (AvgIpc) is 2.97. The molecule has 3 rings (SSSR count). The second kappa shape index (κ2) is 7.15. The fourth-order valence-electron chi connectivity index (χ4n) is 2.33. The number of hydrogen-bond acceptors (Lipinski definition) is 4. The number of rotatable bonds is 4. The molecule has 0 aliphatic rings. The van der Waals surface area contributed by atoms with E-state index >= 15 is 0 Å². The maximum Gasteiger partial charge on any atom is 0.269 e. The number of nitro groups is 1. The molecule has 1 aromatic heterocycles. The number of nitrogens with zero attached hydrogens (tertiary/aromatic N) is 3. The molecule has 2 aromatic carbocycles. The molecule has 1 amide bonds. The summed E-state index contributed by atoms with van der Waals surface area (Å²) < 4.78 is 1.49. The summed E-state index contributed by atoms with van der Waals surface area (Å²) >= 11 is 11.8. The second-order valence-electron chi connectivity index (χ2n) is 5.44. The standard InChI is InChI=1S/C17H12Cl2N4O3/c1-10-8-16(20-17(24)11-2-7-14(18)15(19)9-11)22(21-10)12-3-5-13(6-4-12)23(25)26/h2-9H,1H3,(H,20,24). The molecule has 1 N–H and O–H groups in total. The zero-order valence-corrected chi connectivity index (χ0v) is 15.0. The minimum Gasteiger partial charge on any atom is -0.306 e. The lowest BCUT2D eigenvalue weighted by atomic mass is 10.2. The Morgan fingerprint density at radius 1 is 1.12 bits per heavy atom. The molecule has 0 fully saturated rings. The first-order valence-electron chi connectivity index (χ1n) is 7.43. The van der Waals surface area contributed by atoms with Crippen molar-refractivity contribution in [3.05, 3.63) is 79.9 Å². The number of halogens is 2. The van der Waals surface area contributed by atoms with Crippen LogP contribution in [-0.4, -0.2) is 20.6 Å². The molecule has 9 heteroatoms. The van der Waals surface area contributed by atoms with Gasteiger partial charge in [-0.1, -0.05) is 23.2 Å². The van der Waals surface area contributed by atoms with E-state index in [9.17, 15) is 14.9 Å². The van der Waals surface area contributed by atoms with Crippen molar-refractivity contribution in [1.29, 1.82) is 0 Å². The molecule has 1 heterocycles. The third kappa shape index (κ3) is 3.68. The highest BCUT2D eigenvalue weighted by Crippen LogP contribution is 2.24. The minimum absolute atomic E-state index is 0.0287. The van der Waals surface area contributed by atoms with Gasteiger partial charge in [0.1, 0.15) is 5.82 Å². The maximum atomic E-state index is 12.5. The van der Waals surface area contributed by atoms with Gasteiger partial charge in [-0.3, -0.25) is 14.9 Å². The number of aryl methyl sites for hydroxylation is 1. The van der Waals surface area contributed by atoms with E-state index in [1.807, 2.05) is 0 Å². The Bertz CT molecular complexity index is 1000. The van der Waals surface area contributed by atoms with Gasteiger partial charge in [0.05, 0.1) is 26.3 Å². The first-order chi connectivity index (χ1) is 12.3. The third-order valence-corrected chi connectivity index (χ3v) is 4.30. The zero-order chi connectivity index (χ0) is 18.8. The fourth-order valence-corrected chi connectivity index (χ4v) is 2.62. The first kappa shape index (κ1) is 17.9. The molecule has 0 atom stereocenters. The molecule has 0 unspecified atom stereocenters. The molecule has 0 radical (unpaired) electrons. The minimum atomic E-state index is -0.481. The molecule has 0 saturated carbocycles. The van der Waals surface area contributed by atoms with Crippen molar-refractivity contribution in [3.8, 4) is 5.69 Å². The topological polar surface area (TPSA) is 90.1 Å².